The summed E-state index contributed by atoms with van der Waals surface area (Å²) < 4.78 is 12.9. The topological polar surface area (TPSA) is 65.4 Å². The van der Waals surface area contributed by atoms with Gasteiger partial charge in [0.2, 0.25) is 12.7 Å². The highest BCUT2D eigenvalue weighted by molar-refractivity contribution is 7.99. The minimum absolute atomic E-state index is 0.00647. The second kappa shape index (κ2) is 8.49. The molecule has 0 fully saturated rings. The Morgan fingerprint density at radius 1 is 1.31 bits per heavy atom. The fourth-order valence-corrected chi connectivity index (χ4v) is 3.69. The fourth-order valence-electron chi connectivity index (χ4n) is 2.75. The molecule has 0 unspecified atom stereocenters. The summed E-state index contributed by atoms with van der Waals surface area (Å²) in [5.41, 5.74) is 3.20. The molecule has 0 aliphatic carbocycles. The van der Waals surface area contributed by atoms with E-state index in [9.17, 15) is 4.79 Å². The van der Waals surface area contributed by atoms with E-state index in [1.165, 1.54) is 17.5 Å². The third-order valence-corrected chi connectivity index (χ3v) is 5.39. The molecule has 2 heterocycles. The van der Waals surface area contributed by atoms with E-state index in [4.69, 9.17) is 9.47 Å². The van der Waals surface area contributed by atoms with E-state index in [0.717, 1.165) is 47.3 Å². The third-order valence-electron chi connectivity index (χ3n) is 4.42. The first kappa shape index (κ1) is 18.6. The van der Waals surface area contributed by atoms with Gasteiger partial charge in [-0.25, -0.2) is 4.98 Å². The van der Waals surface area contributed by atoms with Crippen LogP contribution in [-0.2, 0) is 17.9 Å². The number of amides is 1. The highest BCUT2D eigenvalue weighted by atomic mass is 32.2. The molecule has 1 N–H and O–H groups in total. The summed E-state index contributed by atoms with van der Waals surface area (Å²) in [4.78, 5) is 16.8. The molecule has 6 nitrogen and oxygen atoms in total. The summed E-state index contributed by atoms with van der Waals surface area (Å²) in [6, 6.07) is 5.71. The zero-order valence-electron chi connectivity index (χ0n) is 15.5. The molecule has 1 aliphatic rings. The van der Waals surface area contributed by atoms with Crippen LogP contribution in [0.5, 0.6) is 11.5 Å². The molecule has 0 saturated carbocycles. The van der Waals surface area contributed by atoms with Gasteiger partial charge in [0.15, 0.2) is 16.7 Å². The lowest BCUT2D eigenvalue weighted by atomic mass is 10.2. The molecular formula is C19H25N3O3S. The van der Waals surface area contributed by atoms with Crippen LogP contribution in [0.15, 0.2) is 23.4 Å². The first-order valence-corrected chi connectivity index (χ1v) is 9.88. The molecule has 1 aromatic carbocycles. The van der Waals surface area contributed by atoms with Crippen molar-refractivity contribution in [3.63, 3.8) is 0 Å². The van der Waals surface area contributed by atoms with Crippen LogP contribution in [0.2, 0.25) is 0 Å². The molecule has 0 atom stereocenters. The van der Waals surface area contributed by atoms with Crippen LogP contribution < -0.4 is 14.8 Å². The maximum absolute atomic E-state index is 12.2. The van der Waals surface area contributed by atoms with Gasteiger partial charge < -0.3 is 19.4 Å². The number of benzene rings is 1. The molecule has 26 heavy (non-hydrogen) atoms. The van der Waals surface area contributed by atoms with Gasteiger partial charge in [-0.15, -0.1) is 0 Å². The number of hydrogen-bond donors (Lipinski definition) is 1. The first-order chi connectivity index (χ1) is 12.6. The Hall–Kier alpha value is -2.15. The molecule has 0 radical (unpaired) electrons. The van der Waals surface area contributed by atoms with Crippen molar-refractivity contribution in [3.05, 3.63) is 35.2 Å². The predicted octanol–water partition coefficient (Wildman–Crippen LogP) is 3.44. The maximum Gasteiger partial charge on any atom is 0.231 e. The number of nitrogens with one attached hydrogen (secondary N) is 1. The van der Waals surface area contributed by atoms with Crippen molar-refractivity contribution in [2.24, 2.45) is 0 Å². The molecule has 1 aliphatic heterocycles. The van der Waals surface area contributed by atoms with Gasteiger partial charge >= 0.3 is 0 Å². The van der Waals surface area contributed by atoms with Gasteiger partial charge in [-0.05, 0) is 38.0 Å². The second-order valence-electron chi connectivity index (χ2n) is 6.32. The molecule has 140 valence electrons. The number of nitrogens with zero attached hydrogens (tertiary/aromatic N) is 2. The number of fused-ring (bicyclic) bond motifs is 1. The minimum Gasteiger partial charge on any atom is -0.454 e. The zero-order valence-corrected chi connectivity index (χ0v) is 16.3. The fraction of sp³-hybridized carbons (Fsp3) is 0.474. The van der Waals surface area contributed by atoms with Crippen LogP contribution in [0.25, 0.3) is 0 Å². The van der Waals surface area contributed by atoms with E-state index in [1.54, 1.807) is 0 Å². The van der Waals surface area contributed by atoms with Gasteiger partial charge in [-0.3, -0.25) is 4.79 Å². The third kappa shape index (κ3) is 4.33. The number of hydrogen-bond acceptors (Lipinski definition) is 5. The maximum atomic E-state index is 12.2. The summed E-state index contributed by atoms with van der Waals surface area (Å²) in [7, 11) is 0. The number of carbonyl (C=O) groups is 1. The molecule has 1 aromatic heterocycles. The lowest BCUT2D eigenvalue weighted by Gasteiger charge is -2.09. The van der Waals surface area contributed by atoms with Gasteiger partial charge in [-0.1, -0.05) is 31.2 Å². The SMILES string of the molecule is CCCCn1c(SCC(=O)NCc2ccc3c(c2)OCO3)nc(C)c1C. The van der Waals surface area contributed by atoms with Crippen molar-refractivity contribution in [1.82, 2.24) is 14.9 Å². The smallest absolute Gasteiger partial charge is 0.231 e. The Kier molecular flexibility index (Phi) is 6.08. The van der Waals surface area contributed by atoms with E-state index in [2.05, 4.69) is 28.7 Å². The molecule has 7 heteroatoms. The van der Waals surface area contributed by atoms with E-state index in [0.29, 0.717) is 12.3 Å². The second-order valence-corrected chi connectivity index (χ2v) is 7.27. The quantitative estimate of drug-likeness (QED) is 0.716. The Labute approximate surface area is 158 Å². The van der Waals surface area contributed by atoms with E-state index in [-0.39, 0.29) is 12.7 Å². The Morgan fingerprint density at radius 2 is 2.12 bits per heavy atom. The minimum atomic E-state index is -0.00647. The number of aromatic nitrogens is 2. The van der Waals surface area contributed by atoms with Crippen molar-refractivity contribution >= 4 is 17.7 Å². The molecule has 2 aromatic rings. The summed E-state index contributed by atoms with van der Waals surface area (Å²) >= 11 is 1.49. The van der Waals surface area contributed by atoms with Gasteiger partial charge in [0, 0.05) is 18.8 Å². The summed E-state index contributed by atoms with van der Waals surface area (Å²) in [5, 5.41) is 3.87. The van der Waals surface area contributed by atoms with Gasteiger partial charge in [0.1, 0.15) is 0 Å². The standard InChI is InChI=1S/C19H25N3O3S/c1-4-5-8-22-14(3)13(2)21-19(22)26-11-18(23)20-10-15-6-7-16-17(9-15)25-12-24-16/h6-7,9H,4-5,8,10-12H2,1-3H3,(H,20,23). The summed E-state index contributed by atoms with van der Waals surface area (Å²) in [6.07, 6.45) is 2.25. The average molecular weight is 375 g/mol. The normalized spacial score (nSPS) is 12.4. The monoisotopic (exact) mass is 375 g/mol. The Balaban J connectivity index is 1.52. The van der Waals surface area contributed by atoms with Crippen molar-refractivity contribution in [1.29, 1.82) is 0 Å². The number of imidazole rings is 1. The molecule has 0 saturated heterocycles. The van der Waals surface area contributed by atoms with Crippen LogP contribution >= 0.6 is 11.8 Å². The van der Waals surface area contributed by atoms with Crippen LogP contribution in [0.3, 0.4) is 0 Å². The molecule has 0 bridgehead atoms. The lowest BCUT2D eigenvalue weighted by molar-refractivity contribution is -0.118. The predicted molar refractivity (Wildman–Crippen MR) is 102 cm³/mol. The van der Waals surface area contributed by atoms with E-state index in [1.807, 2.05) is 25.1 Å². The van der Waals surface area contributed by atoms with Crippen LogP contribution in [0.4, 0.5) is 0 Å². The Bertz CT molecular complexity index is 789. The van der Waals surface area contributed by atoms with Crippen LogP contribution in [0.1, 0.15) is 36.7 Å². The average Bonchev–Trinajstić information content (AvgIpc) is 3.21. The van der Waals surface area contributed by atoms with Gasteiger partial charge in [0.05, 0.1) is 11.4 Å². The van der Waals surface area contributed by atoms with Gasteiger partial charge in [0.25, 0.3) is 0 Å². The lowest BCUT2D eigenvalue weighted by Crippen LogP contribution is -2.24. The van der Waals surface area contributed by atoms with Crippen molar-refractivity contribution < 1.29 is 14.3 Å². The molecule has 0 spiro atoms. The van der Waals surface area contributed by atoms with Crippen molar-refractivity contribution in [3.8, 4) is 11.5 Å². The number of ether oxygens (including phenoxy) is 2. The highest BCUT2D eigenvalue weighted by Gasteiger charge is 2.15. The van der Waals surface area contributed by atoms with Crippen molar-refractivity contribution in [2.45, 2.75) is 51.9 Å². The number of unbranched alkanes of at least 4 members (excludes halogenated alkanes) is 1. The summed E-state index contributed by atoms with van der Waals surface area (Å²) in [6.45, 7) is 7.95. The molecule has 1 amide bonds. The van der Waals surface area contributed by atoms with E-state index < -0.39 is 0 Å². The highest BCUT2D eigenvalue weighted by Crippen LogP contribution is 2.32. The zero-order chi connectivity index (χ0) is 18.5. The number of aryl methyl sites for hydroxylation is 1. The number of carbonyl (C=O) groups excluding carboxylic acids is 1. The largest absolute Gasteiger partial charge is 0.454 e. The first-order valence-electron chi connectivity index (χ1n) is 8.90. The molecular weight excluding hydrogens is 350 g/mol. The van der Waals surface area contributed by atoms with Crippen LogP contribution in [0, 0.1) is 13.8 Å². The number of thioether (sulfide) groups is 1. The number of rotatable bonds is 8. The van der Waals surface area contributed by atoms with Crippen LogP contribution in [-0.4, -0.2) is 28.0 Å². The Morgan fingerprint density at radius 3 is 2.92 bits per heavy atom. The summed E-state index contributed by atoms with van der Waals surface area (Å²) in [5.74, 6) is 1.83. The van der Waals surface area contributed by atoms with Gasteiger partial charge in [-0.2, -0.15) is 0 Å². The van der Waals surface area contributed by atoms with E-state index >= 15 is 0 Å². The van der Waals surface area contributed by atoms with Crippen molar-refractivity contribution in [2.75, 3.05) is 12.5 Å². The molecule has 3 rings (SSSR count).